The summed E-state index contributed by atoms with van der Waals surface area (Å²) in [5.41, 5.74) is 0.670. The Labute approximate surface area is 91.5 Å². The Hall–Kier alpha value is -1.95. The average Bonchev–Trinajstić information content (AvgIpc) is 2.67. The Morgan fingerprint density at radius 2 is 2.25 bits per heavy atom. The molecule has 0 radical (unpaired) electrons. The van der Waals surface area contributed by atoms with E-state index in [1.54, 1.807) is 24.3 Å². The molecule has 1 aromatic carbocycles. The van der Waals surface area contributed by atoms with Gasteiger partial charge in [-0.3, -0.25) is 0 Å². The van der Waals surface area contributed by atoms with Crippen LogP contribution in [-0.2, 0) is 4.84 Å². The number of nitrogens with zero attached hydrogens (tertiary/aromatic N) is 2. The number of benzene rings is 1. The molecule has 0 spiro atoms. The highest BCUT2D eigenvalue weighted by Crippen LogP contribution is 2.35. The van der Waals surface area contributed by atoms with E-state index in [1.165, 1.54) is 0 Å². The van der Waals surface area contributed by atoms with Crippen LogP contribution < -0.4 is 4.74 Å². The molecule has 6 nitrogen and oxygen atoms in total. The highest BCUT2D eigenvalue weighted by molar-refractivity contribution is 5.89. The predicted octanol–water partition coefficient (Wildman–Crippen LogP) is 1.21. The minimum atomic E-state index is -0.769. The highest BCUT2D eigenvalue weighted by atomic mass is 16.7. The maximum absolute atomic E-state index is 10.7. The fourth-order valence-corrected chi connectivity index (χ4v) is 1.42. The van der Waals surface area contributed by atoms with E-state index in [0.717, 1.165) is 0 Å². The van der Waals surface area contributed by atoms with Crippen LogP contribution in [0.1, 0.15) is 11.6 Å². The molecule has 1 heterocycles. The van der Waals surface area contributed by atoms with E-state index in [0.29, 0.717) is 11.3 Å². The molecule has 84 valence electrons. The molecular weight excluding hydrogens is 212 g/mol. The van der Waals surface area contributed by atoms with Gasteiger partial charge in [0.1, 0.15) is 12.4 Å². The Bertz CT molecular complexity index is 419. The Balaban J connectivity index is 2.20. The summed E-state index contributed by atoms with van der Waals surface area (Å²) in [4.78, 5) is 15.4. The second-order valence-corrected chi connectivity index (χ2v) is 3.13. The number of oxime groups is 1. The molecule has 1 unspecified atom stereocenters. The molecule has 1 aliphatic rings. The van der Waals surface area contributed by atoms with Gasteiger partial charge in [-0.25, -0.2) is 0 Å². The van der Waals surface area contributed by atoms with Crippen molar-refractivity contribution in [1.29, 1.82) is 0 Å². The largest absolute Gasteiger partial charge is 0.437 e. The van der Waals surface area contributed by atoms with Crippen molar-refractivity contribution in [2.75, 3.05) is 13.2 Å². The lowest BCUT2D eigenvalue weighted by Gasteiger charge is -2.00. The SMILES string of the molecule is O=NC1C(=NOCCO)Oc2ccccc21. The van der Waals surface area contributed by atoms with Crippen LogP contribution in [0.25, 0.3) is 0 Å². The number of para-hydroxylation sites is 1. The number of rotatable bonds is 4. The van der Waals surface area contributed by atoms with Gasteiger partial charge in [0.25, 0.3) is 5.90 Å². The topological polar surface area (TPSA) is 80.5 Å². The van der Waals surface area contributed by atoms with Crippen molar-refractivity contribution < 1.29 is 14.7 Å². The van der Waals surface area contributed by atoms with Crippen molar-refractivity contribution in [2.24, 2.45) is 10.3 Å². The smallest absolute Gasteiger partial charge is 0.264 e. The molecule has 2 rings (SSSR count). The first-order valence-electron chi connectivity index (χ1n) is 4.76. The summed E-state index contributed by atoms with van der Waals surface area (Å²) in [6.45, 7) is -0.0995. The standard InChI is InChI=1S/C10H10N2O4/c13-5-6-15-12-10-9(11-14)7-3-1-2-4-8(7)16-10/h1-4,9,13H,5-6H2. The number of ether oxygens (including phenoxy) is 1. The fraction of sp³-hybridized carbons (Fsp3) is 0.300. The van der Waals surface area contributed by atoms with Crippen molar-refractivity contribution in [2.45, 2.75) is 6.04 Å². The number of nitroso groups, excluding NO2 is 1. The molecule has 0 saturated carbocycles. The molecule has 0 amide bonds. The molecule has 6 heteroatoms. The number of hydrogen-bond acceptors (Lipinski definition) is 6. The van der Waals surface area contributed by atoms with Gasteiger partial charge in [0.15, 0.2) is 6.04 Å². The maximum atomic E-state index is 10.7. The van der Waals surface area contributed by atoms with Gasteiger partial charge in [0.2, 0.25) is 0 Å². The zero-order valence-electron chi connectivity index (χ0n) is 8.37. The van der Waals surface area contributed by atoms with Gasteiger partial charge in [-0.05, 0) is 11.2 Å². The van der Waals surface area contributed by atoms with E-state index in [1.807, 2.05) is 0 Å². The molecule has 0 aliphatic carbocycles. The van der Waals surface area contributed by atoms with Crippen LogP contribution in [0.3, 0.4) is 0 Å². The van der Waals surface area contributed by atoms with Crippen LogP contribution in [0.5, 0.6) is 5.75 Å². The summed E-state index contributed by atoms with van der Waals surface area (Å²) in [5, 5.41) is 15.1. The quantitative estimate of drug-likeness (QED) is 0.471. The minimum absolute atomic E-state index is 0.0504. The lowest BCUT2D eigenvalue weighted by Crippen LogP contribution is -2.10. The third-order valence-corrected chi connectivity index (χ3v) is 2.10. The number of aliphatic hydroxyl groups is 1. The average molecular weight is 222 g/mol. The van der Waals surface area contributed by atoms with Crippen LogP contribution >= 0.6 is 0 Å². The molecule has 16 heavy (non-hydrogen) atoms. The minimum Gasteiger partial charge on any atom is -0.437 e. The number of aliphatic hydroxyl groups excluding tert-OH is 1. The normalized spacial score (nSPS) is 20.3. The van der Waals surface area contributed by atoms with Gasteiger partial charge >= 0.3 is 0 Å². The first-order chi connectivity index (χ1) is 7.86. The van der Waals surface area contributed by atoms with Crippen LogP contribution in [0.15, 0.2) is 34.6 Å². The van der Waals surface area contributed by atoms with E-state index < -0.39 is 6.04 Å². The van der Waals surface area contributed by atoms with Crippen molar-refractivity contribution in [1.82, 2.24) is 0 Å². The Kier molecular flexibility index (Phi) is 3.11. The third-order valence-electron chi connectivity index (χ3n) is 2.10. The van der Waals surface area contributed by atoms with Crippen LogP contribution in [0.4, 0.5) is 0 Å². The molecule has 1 N–H and O–H groups in total. The molecule has 0 aromatic heterocycles. The van der Waals surface area contributed by atoms with Gasteiger partial charge in [-0.2, -0.15) is 0 Å². The van der Waals surface area contributed by atoms with E-state index in [9.17, 15) is 4.91 Å². The highest BCUT2D eigenvalue weighted by Gasteiger charge is 2.32. The molecule has 0 fully saturated rings. The van der Waals surface area contributed by atoms with Crippen LogP contribution in [0, 0.1) is 4.91 Å². The van der Waals surface area contributed by atoms with E-state index in [-0.39, 0.29) is 19.1 Å². The zero-order chi connectivity index (χ0) is 11.4. The second-order valence-electron chi connectivity index (χ2n) is 3.13. The lowest BCUT2D eigenvalue weighted by atomic mass is 10.1. The van der Waals surface area contributed by atoms with Gasteiger partial charge in [0, 0.05) is 5.56 Å². The molecule has 0 bridgehead atoms. The van der Waals surface area contributed by atoms with Gasteiger partial charge in [-0.1, -0.05) is 23.4 Å². The summed E-state index contributed by atoms with van der Waals surface area (Å²) in [5.74, 6) is 0.656. The Morgan fingerprint density at radius 3 is 3.00 bits per heavy atom. The van der Waals surface area contributed by atoms with Crippen molar-refractivity contribution >= 4 is 5.90 Å². The fourth-order valence-electron chi connectivity index (χ4n) is 1.42. The molecule has 1 aliphatic heterocycles. The summed E-state index contributed by atoms with van der Waals surface area (Å²) >= 11 is 0. The number of fused-ring (bicyclic) bond motifs is 1. The maximum Gasteiger partial charge on any atom is 0.264 e. The zero-order valence-corrected chi connectivity index (χ0v) is 8.37. The van der Waals surface area contributed by atoms with Crippen molar-refractivity contribution in [3.63, 3.8) is 0 Å². The first kappa shape index (κ1) is 10.6. The first-order valence-corrected chi connectivity index (χ1v) is 4.76. The summed E-state index contributed by atoms with van der Waals surface area (Å²) < 4.78 is 5.31. The van der Waals surface area contributed by atoms with Gasteiger partial charge in [-0.15, -0.1) is 4.91 Å². The summed E-state index contributed by atoms with van der Waals surface area (Å²) in [7, 11) is 0. The third kappa shape index (κ3) is 1.87. The lowest BCUT2D eigenvalue weighted by molar-refractivity contribution is 0.0947. The molecular formula is C10H10N2O4. The second kappa shape index (κ2) is 4.71. The van der Waals surface area contributed by atoms with E-state index >= 15 is 0 Å². The van der Waals surface area contributed by atoms with Crippen molar-refractivity contribution in [3.8, 4) is 5.75 Å². The van der Waals surface area contributed by atoms with E-state index in [2.05, 4.69) is 10.3 Å². The summed E-state index contributed by atoms with van der Waals surface area (Å²) in [6, 6.07) is 6.28. The summed E-state index contributed by atoms with van der Waals surface area (Å²) in [6.07, 6.45) is 0. The molecule has 1 atom stereocenters. The molecule has 0 saturated heterocycles. The van der Waals surface area contributed by atoms with Gasteiger partial charge in [0.05, 0.1) is 6.61 Å². The Morgan fingerprint density at radius 1 is 1.44 bits per heavy atom. The monoisotopic (exact) mass is 222 g/mol. The van der Waals surface area contributed by atoms with Crippen molar-refractivity contribution in [3.05, 3.63) is 34.7 Å². The van der Waals surface area contributed by atoms with Crippen LogP contribution in [-0.4, -0.2) is 24.2 Å². The number of hydrogen-bond donors (Lipinski definition) is 1. The molecule has 1 aromatic rings. The predicted molar refractivity (Wildman–Crippen MR) is 56.1 cm³/mol. The van der Waals surface area contributed by atoms with E-state index in [4.69, 9.17) is 14.7 Å². The van der Waals surface area contributed by atoms with Gasteiger partial charge < -0.3 is 14.7 Å². The van der Waals surface area contributed by atoms with Crippen LogP contribution in [0.2, 0.25) is 0 Å².